The van der Waals surface area contributed by atoms with E-state index in [1.165, 1.54) is 4.88 Å². The molecule has 1 atom stereocenters. The Morgan fingerprint density at radius 2 is 2.28 bits per heavy atom. The van der Waals surface area contributed by atoms with E-state index < -0.39 is 0 Å². The Morgan fingerprint density at radius 1 is 1.50 bits per heavy atom. The number of hydrogen-bond donors (Lipinski definition) is 1. The largest absolute Gasteiger partial charge is 0.383 e. The van der Waals surface area contributed by atoms with Gasteiger partial charge in [-0.3, -0.25) is 4.90 Å². The topological polar surface area (TPSA) is 24.5 Å². The first-order chi connectivity index (χ1) is 8.67. The van der Waals surface area contributed by atoms with Crippen LogP contribution in [0, 0.1) is 0 Å². The third kappa shape index (κ3) is 5.67. The first kappa shape index (κ1) is 15.9. The van der Waals surface area contributed by atoms with E-state index in [4.69, 9.17) is 16.3 Å². The second-order valence-corrected chi connectivity index (χ2v) is 6.23. The van der Waals surface area contributed by atoms with Crippen LogP contribution in [0.2, 0.25) is 4.34 Å². The average Bonchev–Trinajstić information content (AvgIpc) is 2.74. The highest BCUT2D eigenvalue weighted by molar-refractivity contribution is 7.16. The highest BCUT2D eigenvalue weighted by Crippen LogP contribution is 2.22. The van der Waals surface area contributed by atoms with Gasteiger partial charge in [-0.25, -0.2) is 0 Å². The van der Waals surface area contributed by atoms with Crippen LogP contribution in [0.3, 0.4) is 0 Å². The van der Waals surface area contributed by atoms with Gasteiger partial charge in [0.15, 0.2) is 0 Å². The van der Waals surface area contributed by atoms with Crippen LogP contribution in [0.25, 0.3) is 0 Å². The van der Waals surface area contributed by atoms with Gasteiger partial charge >= 0.3 is 0 Å². The smallest absolute Gasteiger partial charge is 0.0931 e. The summed E-state index contributed by atoms with van der Waals surface area (Å²) < 4.78 is 6.15. The van der Waals surface area contributed by atoms with Crippen molar-refractivity contribution < 1.29 is 4.74 Å². The van der Waals surface area contributed by atoms with Gasteiger partial charge in [0.2, 0.25) is 0 Å². The molecule has 1 heterocycles. The summed E-state index contributed by atoms with van der Waals surface area (Å²) in [5, 5.41) is 3.45. The fourth-order valence-electron chi connectivity index (χ4n) is 1.79. The second kappa shape index (κ2) is 8.88. The minimum absolute atomic E-state index is 0.391. The maximum absolute atomic E-state index is 5.95. The highest BCUT2D eigenvalue weighted by Gasteiger charge is 2.15. The minimum atomic E-state index is 0.391. The Kier molecular flexibility index (Phi) is 7.86. The predicted octanol–water partition coefficient (Wildman–Crippen LogP) is 2.85. The van der Waals surface area contributed by atoms with Crippen molar-refractivity contribution >= 4 is 22.9 Å². The van der Waals surface area contributed by atoms with Crippen molar-refractivity contribution in [2.45, 2.75) is 25.9 Å². The van der Waals surface area contributed by atoms with Gasteiger partial charge in [-0.1, -0.05) is 18.5 Å². The Balaban J connectivity index is 2.44. The zero-order valence-electron chi connectivity index (χ0n) is 11.4. The molecule has 0 aliphatic heterocycles. The molecule has 0 fully saturated rings. The summed E-state index contributed by atoms with van der Waals surface area (Å²) in [5.41, 5.74) is 0. The van der Waals surface area contributed by atoms with Gasteiger partial charge < -0.3 is 10.1 Å². The highest BCUT2D eigenvalue weighted by atomic mass is 35.5. The number of nitrogens with zero attached hydrogens (tertiary/aromatic N) is 1. The zero-order valence-corrected chi connectivity index (χ0v) is 13.0. The van der Waals surface area contributed by atoms with E-state index >= 15 is 0 Å². The maximum Gasteiger partial charge on any atom is 0.0931 e. The van der Waals surface area contributed by atoms with Gasteiger partial charge in [-0.15, -0.1) is 11.3 Å². The van der Waals surface area contributed by atoms with Gasteiger partial charge in [0, 0.05) is 31.1 Å². The molecule has 0 saturated carbocycles. The van der Waals surface area contributed by atoms with Crippen molar-refractivity contribution in [2.75, 3.05) is 33.9 Å². The van der Waals surface area contributed by atoms with E-state index in [1.807, 2.05) is 6.07 Å². The molecule has 1 rings (SSSR count). The molecule has 0 aliphatic carbocycles. The molecule has 3 nitrogen and oxygen atoms in total. The number of ether oxygens (including phenoxy) is 1. The van der Waals surface area contributed by atoms with Crippen molar-refractivity contribution in [1.29, 1.82) is 0 Å². The van der Waals surface area contributed by atoms with Crippen LogP contribution in [0.5, 0.6) is 0 Å². The molecule has 5 heteroatoms. The molecule has 1 aromatic rings. The van der Waals surface area contributed by atoms with Gasteiger partial charge in [-0.05, 0) is 32.1 Å². The van der Waals surface area contributed by atoms with Gasteiger partial charge in [0.05, 0.1) is 10.9 Å². The molecule has 0 radical (unpaired) electrons. The quantitative estimate of drug-likeness (QED) is 0.708. The lowest BCUT2D eigenvalue weighted by atomic mass is 10.2. The van der Waals surface area contributed by atoms with E-state index in [2.05, 4.69) is 30.3 Å². The summed E-state index contributed by atoms with van der Waals surface area (Å²) >= 11 is 7.59. The molecule has 0 spiro atoms. The first-order valence-corrected chi connectivity index (χ1v) is 7.51. The van der Waals surface area contributed by atoms with Crippen molar-refractivity contribution in [3.05, 3.63) is 21.3 Å². The molecular weight excluding hydrogens is 268 g/mol. The predicted molar refractivity (Wildman–Crippen MR) is 79.6 cm³/mol. The average molecular weight is 291 g/mol. The third-order valence-electron chi connectivity index (χ3n) is 2.82. The van der Waals surface area contributed by atoms with Gasteiger partial charge in [-0.2, -0.15) is 0 Å². The molecule has 0 aliphatic rings. The van der Waals surface area contributed by atoms with E-state index in [1.54, 1.807) is 18.4 Å². The molecule has 1 unspecified atom stereocenters. The Bertz CT molecular complexity index is 333. The molecule has 0 amide bonds. The number of thiophene rings is 1. The molecule has 18 heavy (non-hydrogen) atoms. The normalized spacial score (nSPS) is 13.2. The molecule has 0 bridgehead atoms. The van der Waals surface area contributed by atoms with Crippen molar-refractivity contribution in [3.63, 3.8) is 0 Å². The lowest BCUT2D eigenvalue weighted by molar-refractivity contribution is 0.102. The fraction of sp³-hybridized carbons (Fsp3) is 0.692. The third-order valence-corrected chi connectivity index (χ3v) is 4.04. The monoisotopic (exact) mass is 290 g/mol. The Labute approximate surface area is 119 Å². The molecule has 1 aromatic heterocycles. The van der Waals surface area contributed by atoms with Crippen LogP contribution in [-0.2, 0) is 11.3 Å². The van der Waals surface area contributed by atoms with E-state index in [9.17, 15) is 0 Å². The van der Waals surface area contributed by atoms with Crippen LogP contribution in [0.1, 0.15) is 18.2 Å². The van der Waals surface area contributed by atoms with Crippen LogP contribution in [-0.4, -0.2) is 44.8 Å². The van der Waals surface area contributed by atoms with E-state index in [0.29, 0.717) is 6.04 Å². The Hall–Kier alpha value is -0.130. The van der Waals surface area contributed by atoms with Crippen molar-refractivity contribution in [2.24, 2.45) is 0 Å². The molecule has 1 N–H and O–H groups in total. The van der Waals surface area contributed by atoms with Crippen LogP contribution >= 0.6 is 22.9 Å². The van der Waals surface area contributed by atoms with Crippen LogP contribution in [0.15, 0.2) is 12.1 Å². The summed E-state index contributed by atoms with van der Waals surface area (Å²) in [7, 11) is 3.88. The number of halogens is 1. The molecular formula is C13H23ClN2OS. The van der Waals surface area contributed by atoms with Crippen molar-refractivity contribution in [1.82, 2.24) is 10.2 Å². The van der Waals surface area contributed by atoms with Crippen LogP contribution < -0.4 is 5.32 Å². The Morgan fingerprint density at radius 3 is 2.83 bits per heavy atom. The standard InChI is InChI=1S/C13H23ClN2OS/c1-4-7-15-8-11(10-17-3)16(2)9-12-5-6-13(14)18-12/h5-6,11,15H,4,7-10H2,1-3H3. The number of rotatable bonds is 9. The zero-order chi connectivity index (χ0) is 13.4. The summed E-state index contributed by atoms with van der Waals surface area (Å²) in [4.78, 5) is 3.60. The molecule has 0 saturated heterocycles. The summed E-state index contributed by atoms with van der Waals surface area (Å²) in [6.45, 7) is 5.84. The fourth-order valence-corrected chi connectivity index (χ4v) is 2.94. The first-order valence-electron chi connectivity index (χ1n) is 6.31. The van der Waals surface area contributed by atoms with E-state index in [-0.39, 0.29) is 0 Å². The van der Waals surface area contributed by atoms with Gasteiger partial charge in [0.1, 0.15) is 0 Å². The molecule has 104 valence electrons. The minimum Gasteiger partial charge on any atom is -0.383 e. The number of methoxy groups -OCH3 is 1. The summed E-state index contributed by atoms with van der Waals surface area (Å²) in [6, 6.07) is 4.44. The SMILES string of the molecule is CCCNCC(COC)N(C)Cc1ccc(Cl)s1. The maximum atomic E-state index is 5.95. The number of likely N-dealkylation sites (N-methyl/N-ethyl adjacent to an activating group) is 1. The van der Waals surface area contributed by atoms with Crippen molar-refractivity contribution in [3.8, 4) is 0 Å². The lowest BCUT2D eigenvalue weighted by Crippen LogP contribution is -2.42. The summed E-state index contributed by atoms with van der Waals surface area (Å²) in [6.07, 6.45) is 1.16. The lowest BCUT2D eigenvalue weighted by Gasteiger charge is -2.27. The number of nitrogens with one attached hydrogen (secondary N) is 1. The molecule has 0 aromatic carbocycles. The van der Waals surface area contributed by atoms with Crippen LogP contribution in [0.4, 0.5) is 0 Å². The number of hydrogen-bond acceptors (Lipinski definition) is 4. The summed E-state index contributed by atoms with van der Waals surface area (Å²) in [5.74, 6) is 0. The second-order valence-electron chi connectivity index (χ2n) is 4.43. The van der Waals surface area contributed by atoms with Gasteiger partial charge in [0.25, 0.3) is 0 Å². The van der Waals surface area contributed by atoms with E-state index in [0.717, 1.165) is 37.0 Å².